The molecule has 0 bridgehead atoms. The van der Waals surface area contributed by atoms with Gasteiger partial charge in [0.2, 0.25) is 5.91 Å². The molecule has 6 nitrogen and oxygen atoms in total. The SMILES string of the molecule is COc1ccccc1OCCC(=O)N1CCNCC1c1cccnc1.Cl. The Bertz CT molecular complexity index is 699. The lowest BCUT2D eigenvalue weighted by molar-refractivity contribution is -0.135. The lowest BCUT2D eigenvalue weighted by Crippen LogP contribution is -2.49. The maximum Gasteiger partial charge on any atom is 0.226 e. The Morgan fingerprint density at radius 3 is 2.81 bits per heavy atom. The van der Waals surface area contributed by atoms with E-state index in [-0.39, 0.29) is 24.4 Å². The van der Waals surface area contributed by atoms with Crippen molar-refractivity contribution < 1.29 is 14.3 Å². The number of amides is 1. The van der Waals surface area contributed by atoms with Gasteiger partial charge >= 0.3 is 0 Å². The van der Waals surface area contributed by atoms with Crippen molar-refractivity contribution in [2.24, 2.45) is 0 Å². The number of rotatable bonds is 6. The van der Waals surface area contributed by atoms with Crippen LogP contribution in [-0.4, -0.2) is 49.1 Å². The number of nitrogens with zero attached hydrogens (tertiary/aromatic N) is 2. The molecular formula is C19H24ClN3O3. The Balaban J connectivity index is 0.00000243. The second-order valence-corrected chi connectivity index (χ2v) is 5.84. The van der Waals surface area contributed by atoms with Crippen LogP contribution in [-0.2, 0) is 4.79 Å². The number of hydrogen-bond donors (Lipinski definition) is 1. The molecule has 0 spiro atoms. The van der Waals surface area contributed by atoms with Crippen LogP contribution in [0.4, 0.5) is 0 Å². The van der Waals surface area contributed by atoms with Crippen molar-refractivity contribution >= 4 is 18.3 Å². The third-order valence-corrected chi connectivity index (χ3v) is 4.28. The maximum atomic E-state index is 12.7. The second kappa shape index (κ2) is 9.99. The van der Waals surface area contributed by atoms with Crippen LogP contribution in [0.25, 0.3) is 0 Å². The normalized spacial score (nSPS) is 16.5. The summed E-state index contributed by atoms with van der Waals surface area (Å²) in [5.41, 5.74) is 1.05. The molecule has 0 saturated carbocycles. The Kier molecular flexibility index (Phi) is 7.69. The van der Waals surface area contributed by atoms with Crippen LogP contribution in [0.1, 0.15) is 18.0 Å². The standard InChI is InChI=1S/C19H23N3O3.ClH/c1-24-17-6-2-3-7-18(17)25-12-8-19(23)22-11-10-21-14-16(22)15-5-4-9-20-13-15;/h2-7,9,13,16,21H,8,10-12,14H2,1H3;1H. The highest BCUT2D eigenvalue weighted by atomic mass is 35.5. The van der Waals surface area contributed by atoms with Gasteiger partial charge in [0.15, 0.2) is 11.5 Å². The molecule has 1 aromatic heterocycles. The van der Waals surface area contributed by atoms with E-state index in [2.05, 4.69) is 10.3 Å². The minimum absolute atomic E-state index is 0. The van der Waals surface area contributed by atoms with E-state index in [1.165, 1.54) is 0 Å². The molecule has 1 aliphatic rings. The minimum atomic E-state index is 0. The molecule has 1 atom stereocenters. The fourth-order valence-corrected chi connectivity index (χ4v) is 3.00. The van der Waals surface area contributed by atoms with Gasteiger partial charge in [-0.1, -0.05) is 18.2 Å². The Labute approximate surface area is 159 Å². The number of benzene rings is 1. The van der Waals surface area contributed by atoms with Crippen LogP contribution in [0.5, 0.6) is 11.5 Å². The average molecular weight is 378 g/mol. The summed E-state index contributed by atoms with van der Waals surface area (Å²) in [6.07, 6.45) is 3.89. The average Bonchev–Trinajstić information content (AvgIpc) is 2.69. The van der Waals surface area contributed by atoms with Crippen LogP contribution in [0.15, 0.2) is 48.8 Å². The number of hydrogen-bond acceptors (Lipinski definition) is 5. The molecule has 0 aliphatic carbocycles. The zero-order valence-electron chi connectivity index (χ0n) is 14.8. The number of nitrogens with one attached hydrogen (secondary N) is 1. The maximum absolute atomic E-state index is 12.7. The van der Waals surface area contributed by atoms with E-state index >= 15 is 0 Å². The lowest BCUT2D eigenvalue weighted by Gasteiger charge is -2.36. The second-order valence-electron chi connectivity index (χ2n) is 5.84. The van der Waals surface area contributed by atoms with Crippen molar-refractivity contribution in [1.29, 1.82) is 0 Å². The number of carbonyl (C=O) groups is 1. The number of pyridine rings is 1. The third-order valence-electron chi connectivity index (χ3n) is 4.28. The number of carbonyl (C=O) groups excluding carboxylic acids is 1. The third kappa shape index (κ3) is 4.86. The zero-order chi connectivity index (χ0) is 17.5. The van der Waals surface area contributed by atoms with Crippen LogP contribution in [0.2, 0.25) is 0 Å². The van der Waals surface area contributed by atoms with E-state index in [9.17, 15) is 4.79 Å². The van der Waals surface area contributed by atoms with E-state index in [4.69, 9.17) is 9.47 Å². The lowest BCUT2D eigenvalue weighted by atomic mass is 10.0. The highest BCUT2D eigenvalue weighted by Gasteiger charge is 2.27. The first-order valence-electron chi connectivity index (χ1n) is 8.45. The van der Waals surface area contributed by atoms with Crippen LogP contribution >= 0.6 is 12.4 Å². The molecule has 7 heteroatoms. The molecule has 2 aromatic rings. The predicted octanol–water partition coefficient (Wildman–Crippen LogP) is 2.45. The molecule has 1 unspecified atom stereocenters. The molecular weight excluding hydrogens is 354 g/mol. The van der Waals surface area contributed by atoms with E-state index < -0.39 is 0 Å². The molecule has 3 rings (SSSR count). The van der Waals surface area contributed by atoms with Gasteiger partial charge in [-0.25, -0.2) is 0 Å². The Hall–Kier alpha value is -2.31. The monoisotopic (exact) mass is 377 g/mol. The van der Waals surface area contributed by atoms with Crippen molar-refractivity contribution in [1.82, 2.24) is 15.2 Å². The minimum Gasteiger partial charge on any atom is -0.493 e. The molecule has 1 fully saturated rings. The van der Waals surface area contributed by atoms with E-state index in [1.54, 1.807) is 13.3 Å². The molecule has 1 amide bonds. The summed E-state index contributed by atoms with van der Waals surface area (Å²) in [4.78, 5) is 18.8. The fraction of sp³-hybridized carbons (Fsp3) is 0.368. The van der Waals surface area contributed by atoms with Gasteiger partial charge in [-0.3, -0.25) is 9.78 Å². The van der Waals surface area contributed by atoms with Crippen LogP contribution < -0.4 is 14.8 Å². The summed E-state index contributed by atoms with van der Waals surface area (Å²) < 4.78 is 11.0. The summed E-state index contributed by atoms with van der Waals surface area (Å²) in [7, 11) is 1.60. The van der Waals surface area contributed by atoms with Gasteiger partial charge in [0.05, 0.1) is 26.2 Å². The number of para-hydroxylation sites is 2. The zero-order valence-corrected chi connectivity index (χ0v) is 15.6. The first-order valence-corrected chi connectivity index (χ1v) is 8.45. The van der Waals surface area contributed by atoms with Gasteiger partial charge in [0, 0.05) is 32.0 Å². The molecule has 1 N–H and O–H groups in total. The summed E-state index contributed by atoms with van der Waals surface area (Å²) in [5, 5.41) is 3.35. The predicted molar refractivity (Wildman–Crippen MR) is 102 cm³/mol. The van der Waals surface area contributed by atoms with Gasteiger partial charge in [-0.2, -0.15) is 0 Å². The van der Waals surface area contributed by atoms with Gasteiger partial charge in [-0.15, -0.1) is 12.4 Å². The highest BCUT2D eigenvalue weighted by Crippen LogP contribution is 2.26. The van der Waals surface area contributed by atoms with Gasteiger partial charge in [0.25, 0.3) is 0 Å². The largest absolute Gasteiger partial charge is 0.493 e. The highest BCUT2D eigenvalue weighted by molar-refractivity contribution is 5.85. The number of methoxy groups -OCH3 is 1. The van der Waals surface area contributed by atoms with Crippen molar-refractivity contribution in [2.45, 2.75) is 12.5 Å². The molecule has 0 radical (unpaired) electrons. The first-order chi connectivity index (χ1) is 12.3. The van der Waals surface area contributed by atoms with Gasteiger partial charge < -0.3 is 19.7 Å². The molecule has 1 saturated heterocycles. The smallest absolute Gasteiger partial charge is 0.226 e. The van der Waals surface area contributed by atoms with Gasteiger partial charge in [-0.05, 0) is 23.8 Å². The molecule has 1 aromatic carbocycles. The topological polar surface area (TPSA) is 63.7 Å². The summed E-state index contributed by atoms with van der Waals surface area (Å²) in [6, 6.07) is 11.4. The summed E-state index contributed by atoms with van der Waals surface area (Å²) in [6.45, 7) is 2.55. The summed E-state index contributed by atoms with van der Waals surface area (Å²) >= 11 is 0. The van der Waals surface area contributed by atoms with Crippen molar-refractivity contribution in [3.05, 3.63) is 54.4 Å². The number of aromatic nitrogens is 1. The molecule has 2 heterocycles. The quantitative estimate of drug-likeness (QED) is 0.837. The molecule has 140 valence electrons. The first kappa shape index (κ1) is 20.0. The number of ether oxygens (including phenoxy) is 2. The fourth-order valence-electron chi connectivity index (χ4n) is 3.00. The van der Waals surface area contributed by atoms with Crippen molar-refractivity contribution in [3.63, 3.8) is 0 Å². The van der Waals surface area contributed by atoms with Gasteiger partial charge in [0.1, 0.15) is 0 Å². The number of piperazine rings is 1. The summed E-state index contributed by atoms with van der Waals surface area (Å²) in [5.74, 6) is 1.41. The van der Waals surface area contributed by atoms with E-state index in [0.29, 0.717) is 31.1 Å². The van der Waals surface area contributed by atoms with E-state index in [0.717, 1.165) is 18.7 Å². The van der Waals surface area contributed by atoms with Crippen LogP contribution in [0, 0.1) is 0 Å². The molecule has 26 heavy (non-hydrogen) atoms. The van der Waals surface area contributed by atoms with Crippen molar-refractivity contribution in [2.75, 3.05) is 33.4 Å². The van der Waals surface area contributed by atoms with E-state index in [1.807, 2.05) is 47.5 Å². The van der Waals surface area contributed by atoms with Crippen LogP contribution in [0.3, 0.4) is 0 Å². The van der Waals surface area contributed by atoms with Crippen molar-refractivity contribution in [3.8, 4) is 11.5 Å². The number of halogens is 1. The Morgan fingerprint density at radius 1 is 1.27 bits per heavy atom. The molecule has 1 aliphatic heterocycles. The Morgan fingerprint density at radius 2 is 2.08 bits per heavy atom.